The van der Waals surface area contributed by atoms with E-state index in [4.69, 9.17) is 16.3 Å². The van der Waals surface area contributed by atoms with E-state index in [-0.39, 0.29) is 17.6 Å². The minimum atomic E-state index is -0.220. The third kappa shape index (κ3) is 4.08. The third-order valence-corrected chi connectivity index (χ3v) is 3.48. The molecule has 1 amide bonds. The number of halogens is 1. The van der Waals surface area contributed by atoms with Crippen molar-refractivity contribution in [1.29, 1.82) is 0 Å². The fraction of sp³-hybridized carbons (Fsp3) is 0.571. The topological polar surface area (TPSA) is 63.2 Å². The number of ether oxygens (including phenoxy) is 1. The number of carbonyl (C=O) groups excluding carboxylic acids is 1. The summed E-state index contributed by atoms with van der Waals surface area (Å²) in [6.45, 7) is 4.26. The first kappa shape index (κ1) is 15.1. The number of pyridine rings is 1. The molecule has 1 aromatic rings. The van der Waals surface area contributed by atoms with Crippen molar-refractivity contribution in [3.63, 3.8) is 0 Å². The second-order valence-electron chi connectivity index (χ2n) is 4.81. The molecule has 5 nitrogen and oxygen atoms in total. The normalized spacial score (nSPS) is 15.9. The first-order valence-corrected chi connectivity index (χ1v) is 7.37. The average Bonchev–Trinajstić information content (AvgIpc) is 2.47. The van der Waals surface area contributed by atoms with Gasteiger partial charge in [-0.25, -0.2) is 4.98 Å². The Bertz CT molecular complexity index is 462. The van der Waals surface area contributed by atoms with Crippen LogP contribution in [0.3, 0.4) is 0 Å². The highest BCUT2D eigenvalue weighted by Crippen LogP contribution is 2.17. The van der Waals surface area contributed by atoms with Crippen LogP contribution in [0.15, 0.2) is 12.1 Å². The zero-order valence-electron chi connectivity index (χ0n) is 11.6. The lowest BCUT2D eigenvalue weighted by atomic mass is 10.1. The minimum Gasteiger partial charge on any atom is -0.381 e. The highest BCUT2D eigenvalue weighted by molar-refractivity contribution is 6.33. The Hall–Kier alpha value is -1.33. The van der Waals surface area contributed by atoms with Gasteiger partial charge in [0.2, 0.25) is 0 Å². The molecule has 2 N–H and O–H groups in total. The minimum absolute atomic E-state index is 0.140. The standard InChI is InChI=1S/C14H20ClN3O2/c1-2-7-16-12-4-3-11(15)13(18-12)14(19)17-10-5-8-20-9-6-10/h3-4,10H,2,5-9H2,1H3,(H,16,18)(H,17,19). The van der Waals surface area contributed by atoms with Crippen LogP contribution in [-0.4, -0.2) is 36.7 Å². The predicted octanol–water partition coefficient (Wildman–Crippen LogP) is 2.47. The number of aromatic nitrogens is 1. The molecule has 110 valence electrons. The zero-order chi connectivity index (χ0) is 14.4. The second kappa shape index (κ2) is 7.45. The largest absolute Gasteiger partial charge is 0.381 e. The Morgan fingerprint density at radius 2 is 2.20 bits per heavy atom. The monoisotopic (exact) mass is 297 g/mol. The highest BCUT2D eigenvalue weighted by atomic mass is 35.5. The van der Waals surface area contributed by atoms with Crippen LogP contribution in [0.5, 0.6) is 0 Å². The van der Waals surface area contributed by atoms with Crippen molar-refractivity contribution in [2.45, 2.75) is 32.2 Å². The first-order valence-electron chi connectivity index (χ1n) is 6.99. The van der Waals surface area contributed by atoms with E-state index >= 15 is 0 Å². The molecule has 0 aromatic carbocycles. The van der Waals surface area contributed by atoms with Crippen LogP contribution in [0.1, 0.15) is 36.7 Å². The molecule has 1 saturated heterocycles. The molecule has 6 heteroatoms. The summed E-state index contributed by atoms with van der Waals surface area (Å²) >= 11 is 6.07. The molecular formula is C14H20ClN3O2. The van der Waals surface area contributed by atoms with Crippen molar-refractivity contribution in [2.75, 3.05) is 25.1 Å². The summed E-state index contributed by atoms with van der Waals surface area (Å²) in [7, 11) is 0. The van der Waals surface area contributed by atoms with Gasteiger partial charge in [0.25, 0.3) is 5.91 Å². The predicted molar refractivity (Wildman–Crippen MR) is 79.3 cm³/mol. The van der Waals surface area contributed by atoms with Crippen molar-refractivity contribution in [3.05, 3.63) is 22.8 Å². The summed E-state index contributed by atoms with van der Waals surface area (Å²) in [5, 5.41) is 6.49. The fourth-order valence-electron chi connectivity index (χ4n) is 2.05. The van der Waals surface area contributed by atoms with E-state index in [2.05, 4.69) is 22.5 Å². The van der Waals surface area contributed by atoms with Gasteiger partial charge in [-0.2, -0.15) is 0 Å². The Labute approximate surface area is 124 Å². The van der Waals surface area contributed by atoms with Crippen molar-refractivity contribution >= 4 is 23.3 Å². The molecule has 1 aromatic heterocycles. The molecule has 0 spiro atoms. The average molecular weight is 298 g/mol. The van der Waals surface area contributed by atoms with Gasteiger partial charge in [0, 0.05) is 25.8 Å². The number of hydrogen-bond acceptors (Lipinski definition) is 4. The number of carbonyl (C=O) groups is 1. The quantitative estimate of drug-likeness (QED) is 0.876. The Balaban J connectivity index is 2.03. The van der Waals surface area contributed by atoms with Crippen LogP contribution in [0.2, 0.25) is 5.02 Å². The van der Waals surface area contributed by atoms with E-state index in [0.29, 0.717) is 24.1 Å². The van der Waals surface area contributed by atoms with Gasteiger partial charge in [0.15, 0.2) is 0 Å². The van der Waals surface area contributed by atoms with Gasteiger partial charge in [-0.3, -0.25) is 4.79 Å². The molecule has 0 radical (unpaired) electrons. The molecule has 0 atom stereocenters. The van der Waals surface area contributed by atoms with Gasteiger partial charge in [-0.05, 0) is 31.4 Å². The van der Waals surface area contributed by atoms with E-state index < -0.39 is 0 Å². The molecule has 0 saturated carbocycles. The molecule has 2 rings (SSSR count). The van der Waals surface area contributed by atoms with Gasteiger partial charge in [0.05, 0.1) is 5.02 Å². The summed E-state index contributed by atoms with van der Waals surface area (Å²) < 4.78 is 5.27. The maximum absolute atomic E-state index is 12.2. The molecule has 20 heavy (non-hydrogen) atoms. The van der Waals surface area contributed by atoms with Crippen LogP contribution in [-0.2, 0) is 4.74 Å². The second-order valence-corrected chi connectivity index (χ2v) is 5.22. The summed E-state index contributed by atoms with van der Waals surface area (Å²) in [5.41, 5.74) is 0.277. The summed E-state index contributed by atoms with van der Waals surface area (Å²) in [4.78, 5) is 16.5. The van der Waals surface area contributed by atoms with E-state index in [0.717, 1.165) is 25.8 Å². The number of amides is 1. The Morgan fingerprint density at radius 3 is 2.90 bits per heavy atom. The summed E-state index contributed by atoms with van der Waals surface area (Å²) in [6, 6.07) is 3.62. The fourth-order valence-corrected chi connectivity index (χ4v) is 2.24. The maximum Gasteiger partial charge on any atom is 0.271 e. The van der Waals surface area contributed by atoms with Crippen LogP contribution >= 0.6 is 11.6 Å². The number of rotatable bonds is 5. The molecule has 1 aliphatic heterocycles. The van der Waals surface area contributed by atoms with Crippen molar-refractivity contribution in [3.8, 4) is 0 Å². The van der Waals surface area contributed by atoms with Gasteiger partial charge < -0.3 is 15.4 Å². The summed E-state index contributed by atoms with van der Waals surface area (Å²) in [5.74, 6) is 0.454. The summed E-state index contributed by atoms with van der Waals surface area (Å²) in [6.07, 6.45) is 2.65. The molecule has 1 aliphatic rings. The van der Waals surface area contributed by atoms with Crippen molar-refractivity contribution in [1.82, 2.24) is 10.3 Å². The molecular weight excluding hydrogens is 278 g/mol. The van der Waals surface area contributed by atoms with Crippen LogP contribution in [0, 0.1) is 0 Å². The lowest BCUT2D eigenvalue weighted by Gasteiger charge is -2.23. The lowest BCUT2D eigenvalue weighted by Crippen LogP contribution is -2.39. The van der Waals surface area contributed by atoms with E-state index in [1.165, 1.54) is 0 Å². The molecule has 0 aliphatic carbocycles. The zero-order valence-corrected chi connectivity index (χ0v) is 12.4. The van der Waals surface area contributed by atoms with Gasteiger partial charge in [-0.1, -0.05) is 18.5 Å². The molecule has 0 bridgehead atoms. The van der Waals surface area contributed by atoms with E-state index in [1.807, 2.05) is 0 Å². The maximum atomic E-state index is 12.2. The van der Waals surface area contributed by atoms with Crippen LogP contribution in [0.25, 0.3) is 0 Å². The molecule has 0 unspecified atom stereocenters. The number of hydrogen-bond donors (Lipinski definition) is 2. The number of nitrogens with one attached hydrogen (secondary N) is 2. The van der Waals surface area contributed by atoms with E-state index in [9.17, 15) is 4.79 Å². The molecule has 2 heterocycles. The van der Waals surface area contributed by atoms with Gasteiger partial charge in [0.1, 0.15) is 11.5 Å². The smallest absolute Gasteiger partial charge is 0.271 e. The van der Waals surface area contributed by atoms with E-state index in [1.54, 1.807) is 12.1 Å². The third-order valence-electron chi connectivity index (χ3n) is 3.17. The van der Waals surface area contributed by atoms with Crippen molar-refractivity contribution < 1.29 is 9.53 Å². The number of anilines is 1. The lowest BCUT2D eigenvalue weighted by molar-refractivity contribution is 0.0694. The van der Waals surface area contributed by atoms with Gasteiger partial charge >= 0.3 is 0 Å². The first-order chi connectivity index (χ1) is 9.70. The number of nitrogens with zero attached hydrogens (tertiary/aromatic N) is 1. The molecule has 1 fully saturated rings. The highest BCUT2D eigenvalue weighted by Gasteiger charge is 2.19. The Morgan fingerprint density at radius 1 is 1.45 bits per heavy atom. The van der Waals surface area contributed by atoms with Gasteiger partial charge in [-0.15, -0.1) is 0 Å². The Kier molecular flexibility index (Phi) is 5.61. The van der Waals surface area contributed by atoms with Crippen LogP contribution in [0.4, 0.5) is 5.82 Å². The van der Waals surface area contributed by atoms with Crippen LogP contribution < -0.4 is 10.6 Å². The van der Waals surface area contributed by atoms with Crippen molar-refractivity contribution in [2.24, 2.45) is 0 Å². The SMILES string of the molecule is CCCNc1ccc(Cl)c(C(=O)NC2CCOCC2)n1.